The van der Waals surface area contributed by atoms with E-state index >= 15 is 0 Å². The average Bonchev–Trinajstić information content (AvgIpc) is 3.31. The Balaban J connectivity index is 1.59. The molecule has 2 heterocycles. The molecular formula is C36H32F6N2O5. The summed E-state index contributed by atoms with van der Waals surface area (Å²) in [6.45, 7) is 6.82. The number of carbonyl (C=O) groups is 2. The molecule has 0 saturated carbocycles. The summed E-state index contributed by atoms with van der Waals surface area (Å²) < 4.78 is 92.8. The Hall–Kier alpha value is -5.07. The van der Waals surface area contributed by atoms with Crippen molar-refractivity contribution in [1.29, 1.82) is 0 Å². The van der Waals surface area contributed by atoms with Crippen LogP contribution in [-0.2, 0) is 23.6 Å². The molecule has 0 radical (unpaired) electrons. The molecule has 1 amide bonds. The number of hydrogen-bond acceptors (Lipinski definition) is 5. The first kappa shape index (κ1) is 35.2. The Morgan fingerprint density at radius 2 is 1.59 bits per heavy atom. The van der Waals surface area contributed by atoms with Crippen LogP contribution in [0.3, 0.4) is 0 Å². The fourth-order valence-electron chi connectivity index (χ4n) is 5.94. The second-order valence-corrected chi connectivity index (χ2v) is 12.1. The standard InChI is InChI=1S/C36H32F6N2O5/c1-18(2)29-11-10-27(28-15-21(9-12-31(28)48-5)25-7-6-8-26(19(25)3)33(45)46)30(43-29)17-44-20(4)32(49-34(44)47)22-13-23(35(37,38)39)16-24(14-22)36(40,41)42/h6-16,18,20,32H,17H2,1-5H3,(H,45,46)/t20-,32-/m0/s1. The number of hydrogen-bond donors (Lipinski definition) is 1. The zero-order valence-corrected chi connectivity index (χ0v) is 27.0. The molecule has 0 spiro atoms. The third-order valence-corrected chi connectivity index (χ3v) is 8.60. The number of aromatic carboxylic acids is 1. The van der Waals surface area contributed by atoms with Crippen LogP contribution in [0.1, 0.15) is 76.8 Å². The largest absolute Gasteiger partial charge is 0.496 e. The van der Waals surface area contributed by atoms with Crippen LogP contribution >= 0.6 is 0 Å². The predicted molar refractivity (Wildman–Crippen MR) is 168 cm³/mol. The predicted octanol–water partition coefficient (Wildman–Crippen LogP) is 9.67. The van der Waals surface area contributed by atoms with Gasteiger partial charge in [-0.3, -0.25) is 9.88 Å². The molecule has 5 rings (SSSR count). The molecule has 1 fully saturated rings. The minimum atomic E-state index is -5.07. The SMILES string of the molecule is COc1ccc(-c2cccc(C(=O)O)c2C)cc1-c1ccc(C(C)C)nc1CN1C(=O)O[C@H](c2cc(C(F)(F)F)cc(C(F)(F)F)c2)[C@@H]1C. The van der Waals surface area contributed by atoms with E-state index in [0.717, 1.165) is 0 Å². The Morgan fingerprint density at radius 1 is 0.939 bits per heavy atom. The fourth-order valence-corrected chi connectivity index (χ4v) is 5.94. The molecule has 0 bridgehead atoms. The molecule has 3 aromatic carbocycles. The number of nitrogens with zero attached hydrogens (tertiary/aromatic N) is 2. The summed E-state index contributed by atoms with van der Waals surface area (Å²) in [7, 11) is 1.47. The van der Waals surface area contributed by atoms with E-state index in [0.29, 0.717) is 57.1 Å². The highest BCUT2D eigenvalue weighted by atomic mass is 19.4. The zero-order valence-electron chi connectivity index (χ0n) is 27.0. The van der Waals surface area contributed by atoms with Crippen molar-refractivity contribution < 1.29 is 50.5 Å². The molecule has 4 aromatic rings. The molecule has 1 aromatic heterocycles. The fraction of sp³-hybridized carbons (Fsp3) is 0.306. The number of pyridine rings is 1. The highest BCUT2D eigenvalue weighted by Gasteiger charge is 2.43. The highest BCUT2D eigenvalue weighted by molar-refractivity contribution is 5.92. The summed E-state index contributed by atoms with van der Waals surface area (Å²) >= 11 is 0. The van der Waals surface area contributed by atoms with E-state index in [1.807, 2.05) is 19.9 Å². The van der Waals surface area contributed by atoms with Gasteiger partial charge in [-0.05, 0) is 84.5 Å². The Kier molecular flexibility index (Phi) is 9.42. The van der Waals surface area contributed by atoms with E-state index in [9.17, 15) is 41.0 Å². The molecule has 1 saturated heterocycles. The lowest BCUT2D eigenvalue weighted by molar-refractivity contribution is -0.143. The number of halogens is 6. The lowest BCUT2D eigenvalue weighted by Gasteiger charge is -2.24. The van der Waals surface area contributed by atoms with Crippen molar-refractivity contribution in [1.82, 2.24) is 9.88 Å². The van der Waals surface area contributed by atoms with Gasteiger partial charge in [-0.25, -0.2) is 9.59 Å². The molecular weight excluding hydrogens is 654 g/mol. The van der Waals surface area contributed by atoms with Crippen molar-refractivity contribution in [2.24, 2.45) is 0 Å². The zero-order chi connectivity index (χ0) is 36.0. The molecule has 2 atom stereocenters. The van der Waals surface area contributed by atoms with Crippen LogP contribution in [0.15, 0.2) is 66.7 Å². The second kappa shape index (κ2) is 13.1. The van der Waals surface area contributed by atoms with Crippen LogP contribution in [0, 0.1) is 6.92 Å². The number of amides is 1. The van der Waals surface area contributed by atoms with Gasteiger partial charge in [0, 0.05) is 16.8 Å². The maximum absolute atomic E-state index is 13.6. The lowest BCUT2D eigenvalue weighted by Crippen LogP contribution is -2.32. The van der Waals surface area contributed by atoms with Gasteiger partial charge in [0.2, 0.25) is 0 Å². The maximum atomic E-state index is 13.6. The quantitative estimate of drug-likeness (QED) is 0.186. The van der Waals surface area contributed by atoms with E-state index in [4.69, 9.17) is 14.5 Å². The Morgan fingerprint density at radius 3 is 2.16 bits per heavy atom. The summed E-state index contributed by atoms with van der Waals surface area (Å²) in [4.78, 5) is 31.1. The van der Waals surface area contributed by atoms with Gasteiger partial charge in [-0.15, -0.1) is 0 Å². The summed E-state index contributed by atoms with van der Waals surface area (Å²) in [5.74, 6) is -0.674. The number of cyclic esters (lactones) is 1. The lowest BCUT2D eigenvalue weighted by atomic mass is 9.92. The van der Waals surface area contributed by atoms with E-state index in [1.165, 1.54) is 25.0 Å². The molecule has 0 aliphatic carbocycles. The van der Waals surface area contributed by atoms with Gasteiger partial charge in [0.05, 0.1) is 42.1 Å². The van der Waals surface area contributed by atoms with Crippen LogP contribution in [0.5, 0.6) is 5.75 Å². The summed E-state index contributed by atoms with van der Waals surface area (Å²) in [6, 6.07) is 14.0. The van der Waals surface area contributed by atoms with E-state index in [-0.39, 0.29) is 24.1 Å². The average molecular weight is 687 g/mol. The normalized spacial score (nSPS) is 16.7. The minimum absolute atomic E-state index is 0.0250. The molecule has 0 unspecified atom stereocenters. The molecule has 1 N–H and O–H groups in total. The van der Waals surface area contributed by atoms with Gasteiger partial charge in [0.1, 0.15) is 11.9 Å². The summed E-state index contributed by atoms with van der Waals surface area (Å²) in [5, 5.41) is 9.66. The van der Waals surface area contributed by atoms with Crippen LogP contribution in [0.4, 0.5) is 31.1 Å². The van der Waals surface area contributed by atoms with Crippen molar-refractivity contribution >= 4 is 12.1 Å². The maximum Gasteiger partial charge on any atom is 0.416 e. The number of carboxylic acids is 1. The molecule has 7 nitrogen and oxygen atoms in total. The third kappa shape index (κ3) is 7.06. The number of rotatable bonds is 8. The summed E-state index contributed by atoms with van der Waals surface area (Å²) in [6.07, 6.45) is -12.5. The number of ether oxygens (including phenoxy) is 2. The Labute approximate surface area is 278 Å². The van der Waals surface area contributed by atoms with Gasteiger partial charge >= 0.3 is 24.4 Å². The molecule has 1 aliphatic rings. The van der Waals surface area contributed by atoms with Gasteiger partial charge in [0.25, 0.3) is 0 Å². The summed E-state index contributed by atoms with van der Waals surface area (Å²) in [5.41, 5.74) is 0.700. The highest BCUT2D eigenvalue weighted by Crippen LogP contribution is 2.42. The number of benzene rings is 3. The van der Waals surface area contributed by atoms with Gasteiger partial charge in [0.15, 0.2) is 0 Å². The van der Waals surface area contributed by atoms with Gasteiger partial charge in [-0.1, -0.05) is 38.1 Å². The van der Waals surface area contributed by atoms with E-state index in [2.05, 4.69) is 0 Å². The van der Waals surface area contributed by atoms with Crippen molar-refractivity contribution in [2.75, 3.05) is 7.11 Å². The number of methoxy groups -OCH3 is 1. The molecule has 49 heavy (non-hydrogen) atoms. The first-order valence-corrected chi connectivity index (χ1v) is 15.2. The number of carboxylic acid groups (broad SMARTS) is 1. The van der Waals surface area contributed by atoms with Crippen molar-refractivity contribution in [2.45, 2.75) is 64.7 Å². The van der Waals surface area contributed by atoms with Crippen LogP contribution in [-0.4, -0.2) is 40.2 Å². The van der Waals surface area contributed by atoms with Crippen molar-refractivity contribution in [3.63, 3.8) is 0 Å². The van der Waals surface area contributed by atoms with Gasteiger partial charge in [-0.2, -0.15) is 26.3 Å². The molecule has 1 aliphatic heterocycles. The van der Waals surface area contributed by atoms with E-state index < -0.39 is 53.3 Å². The smallest absolute Gasteiger partial charge is 0.416 e. The molecule has 258 valence electrons. The number of aromatic nitrogens is 1. The Bertz CT molecular complexity index is 1890. The van der Waals surface area contributed by atoms with Crippen molar-refractivity contribution in [3.05, 3.63) is 106 Å². The topological polar surface area (TPSA) is 89.0 Å². The second-order valence-electron chi connectivity index (χ2n) is 12.1. The first-order valence-electron chi connectivity index (χ1n) is 15.2. The molecule has 13 heteroatoms. The van der Waals surface area contributed by atoms with Crippen LogP contribution < -0.4 is 4.74 Å². The van der Waals surface area contributed by atoms with Crippen molar-refractivity contribution in [3.8, 4) is 28.0 Å². The monoisotopic (exact) mass is 686 g/mol. The van der Waals surface area contributed by atoms with Gasteiger partial charge < -0.3 is 14.6 Å². The first-order chi connectivity index (χ1) is 22.9. The van der Waals surface area contributed by atoms with E-state index in [1.54, 1.807) is 43.3 Å². The minimum Gasteiger partial charge on any atom is -0.496 e. The van der Waals surface area contributed by atoms with Crippen LogP contribution in [0.2, 0.25) is 0 Å². The number of carbonyl (C=O) groups excluding carboxylic acids is 1. The van der Waals surface area contributed by atoms with Crippen LogP contribution in [0.25, 0.3) is 22.3 Å². The number of alkyl halides is 6. The third-order valence-electron chi connectivity index (χ3n) is 8.60.